The highest BCUT2D eigenvalue weighted by atomic mass is 15.4. The summed E-state index contributed by atoms with van der Waals surface area (Å²) in [6.07, 6.45) is 9.50. The molecule has 22 heavy (non-hydrogen) atoms. The Hall–Kier alpha value is -1.70. The Bertz CT molecular complexity index is 687. The molecular weight excluding hydrogens is 268 g/mol. The first kappa shape index (κ1) is 12.8. The van der Waals surface area contributed by atoms with Gasteiger partial charge in [0, 0.05) is 30.5 Å². The van der Waals surface area contributed by atoms with E-state index in [2.05, 4.69) is 67.1 Å². The third-order valence-electron chi connectivity index (χ3n) is 5.60. The zero-order valence-electron chi connectivity index (χ0n) is 14.8. The molecule has 3 aliphatic rings. The second-order valence-corrected chi connectivity index (χ2v) is 6.88. The summed E-state index contributed by atoms with van der Waals surface area (Å²) >= 11 is 0. The number of hydrogen-bond donors (Lipinski definition) is 0. The van der Waals surface area contributed by atoms with Crippen molar-refractivity contribution in [1.82, 2.24) is 4.90 Å². The van der Waals surface area contributed by atoms with E-state index in [9.17, 15) is 1.37 Å². The molecule has 116 valence electrons. The molecule has 1 saturated carbocycles. The number of aryl methyl sites for hydroxylation is 1. The molecule has 4 rings (SSSR count). The number of anilines is 1. The minimum Gasteiger partial charge on any atom is -0.329 e. The van der Waals surface area contributed by atoms with Crippen LogP contribution in [0.5, 0.6) is 0 Å². The lowest BCUT2D eigenvalue weighted by Crippen LogP contribution is -2.35. The Labute approximate surface area is 135 Å². The van der Waals surface area contributed by atoms with Crippen molar-refractivity contribution in [2.24, 2.45) is 11.8 Å². The van der Waals surface area contributed by atoms with E-state index in [1.54, 1.807) is 0 Å². The molecule has 0 saturated heterocycles. The highest BCUT2D eigenvalue weighted by Gasteiger charge is 2.42. The van der Waals surface area contributed by atoms with Crippen LogP contribution in [0.1, 0.15) is 46.5 Å². The van der Waals surface area contributed by atoms with E-state index >= 15 is 0 Å². The highest BCUT2D eigenvalue weighted by molar-refractivity contribution is 5.61. The summed E-state index contributed by atoms with van der Waals surface area (Å²) in [6, 6.07) is 8.57. The van der Waals surface area contributed by atoms with Crippen LogP contribution < -0.4 is 4.90 Å². The van der Waals surface area contributed by atoms with Crippen LogP contribution in [0.2, 0.25) is 0 Å². The summed E-state index contributed by atoms with van der Waals surface area (Å²) in [4.78, 5) is 4.74. The Balaban J connectivity index is 1.79. The van der Waals surface area contributed by atoms with Gasteiger partial charge in [-0.15, -0.1) is 0 Å². The van der Waals surface area contributed by atoms with Crippen LogP contribution in [0.3, 0.4) is 0 Å². The molecule has 2 atom stereocenters. The van der Waals surface area contributed by atoms with Gasteiger partial charge in [0.1, 0.15) is 6.17 Å². The minimum absolute atomic E-state index is 0.246. The maximum absolute atomic E-state index is 9.22. The highest BCUT2D eigenvalue weighted by Crippen LogP contribution is 2.47. The quantitative estimate of drug-likeness (QED) is 0.755. The SMILES string of the molecule is [2H]C1(C2CCCC2)C=CN2C1=C(C)N(c1ccccc1C)C2C. The maximum atomic E-state index is 9.22. The fourth-order valence-electron chi connectivity index (χ4n) is 4.47. The van der Waals surface area contributed by atoms with Gasteiger partial charge >= 0.3 is 0 Å². The molecule has 0 aromatic heterocycles. The van der Waals surface area contributed by atoms with Gasteiger partial charge in [-0.25, -0.2) is 0 Å². The number of nitrogens with zero attached hydrogens (tertiary/aromatic N) is 2. The molecule has 2 aliphatic heterocycles. The Kier molecular flexibility index (Phi) is 3.02. The molecule has 0 bridgehead atoms. The lowest BCUT2D eigenvalue weighted by molar-refractivity contribution is 0.356. The van der Waals surface area contributed by atoms with E-state index in [1.807, 2.05) is 0 Å². The van der Waals surface area contributed by atoms with Gasteiger partial charge in [-0.05, 0) is 51.2 Å². The normalized spacial score (nSPS) is 32.1. The van der Waals surface area contributed by atoms with Gasteiger partial charge in [0.25, 0.3) is 0 Å². The van der Waals surface area contributed by atoms with Crippen molar-refractivity contribution in [3.8, 4) is 0 Å². The number of fused-ring (bicyclic) bond motifs is 1. The topological polar surface area (TPSA) is 6.48 Å². The van der Waals surface area contributed by atoms with Crippen LogP contribution in [0, 0.1) is 18.7 Å². The molecule has 0 spiro atoms. The van der Waals surface area contributed by atoms with Crippen molar-refractivity contribution in [2.75, 3.05) is 4.90 Å². The van der Waals surface area contributed by atoms with Gasteiger partial charge in [-0.2, -0.15) is 0 Å². The first-order valence-corrected chi connectivity index (χ1v) is 8.58. The van der Waals surface area contributed by atoms with Gasteiger partial charge in [0.05, 0.1) is 0 Å². The molecule has 2 heterocycles. The monoisotopic (exact) mass is 295 g/mol. The molecule has 0 amide bonds. The molecule has 1 aliphatic carbocycles. The van der Waals surface area contributed by atoms with E-state index in [0.717, 1.165) is 0 Å². The molecule has 0 N–H and O–H groups in total. The molecule has 1 aromatic carbocycles. The summed E-state index contributed by atoms with van der Waals surface area (Å²) in [5, 5.41) is 0. The summed E-state index contributed by atoms with van der Waals surface area (Å²) < 4.78 is 9.22. The van der Waals surface area contributed by atoms with Crippen molar-refractivity contribution in [3.05, 3.63) is 53.5 Å². The third-order valence-corrected chi connectivity index (χ3v) is 5.60. The number of hydrogen-bond acceptors (Lipinski definition) is 2. The van der Waals surface area contributed by atoms with Gasteiger partial charge in [-0.3, -0.25) is 0 Å². The van der Waals surface area contributed by atoms with Gasteiger partial charge in [0.2, 0.25) is 0 Å². The molecular formula is C20H26N2. The summed E-state index contributed by atoms with van der Waals surface area (Å²) in [6.45, 7) is 6.61. The summed E-state index contributed by atoms with van der Waals surface area (Å²) in [5.74, 6) is -0.0653. The lowest BCUT2D eigenvalue weighted by atomic mass is 9.88. The van der Waals surface area contributed by atoms with E-state index in [1.165, 1.54) is 48.3 Å². The first-order chi connectivity index (χ1) is 11.0. The molecule has 1 aromatic rings. The number of rotatable bonds is 2. The zero-order chi connectivity index (χ0) is 16.2. The van der Waals surface area contributed by atoms with Crippen LogP contribution in [-0.2, 0) is 0 Å². The fraction of sp³-hybridized carbons (Fsp3) is 0.500. The molecule has 2 nitrogen and oxygen atoms in total. The molecule has 0 radical (unpaired) electrons. The lowest BCUT2D eigenvalue weighted by Gasteiger charge is -2.30. The predicted molar refractivity (Wildman–Crippen MR) is 92.2 cm³/mol. The van der Waals surface area contributed by atoms with Crippen molar-refractivity contribution >= 4 is 5.69 Å². The number of allylic oxidation sites excluding steroid dienone is 2. The van der Waals surface area contributed by atoms with Crippen molar-refractivity contribution in [3.63, 3.8) is 0 Å². The van der Waals surface area contributed by atoms with Crippen LogP contribution >= 0.6 is 0 Å². The van der Waals surface area contributed by atoms with Crippen LogP contribution in [0.15, 0.2) is 47.9 Å². The van der Waals surface area contributed by atoms with Gasteiger partial charge < -0.3 is 9.80 Å². The van der Waals surface area contributed by atoms with Crippen molar-refractivity contribution in [2.45, 2.75) is 52.6 Å². The zero-order valence-corrected chi connectivity index (χ0v) is 13.8. The first-order valence-electron chi connectivity index (χ1n) is 9.08. The predicted octanol–water partition coefficient (Wildman–Crippen LogP) is 5.03. The average molecular weight is 295 g/mol. The van der Waals surface area contributed by atoms with Crippen LogP contribution in [0.4, 0.5) is 5.69 Å². The van der Waals surface area contributed by atoms with Crippen LogP contribution in [-0.4, -0.2) is 11.1 Å². The molecule has 2 heteroatoms. The Morgan fingerprint density at radius 2 is 1.86 bits per heavy atom. The molecule has 1 fully saturated rings. The van der Waals surface area contributed by atoms with E-state index in [4.69, 9.17) is 0 Å². The Morgan fingerprint density at radius 1 is 1.14 bits per heavy atom. The maximum Gasteiger partial charge on any atom is 0.107 e. The number of benzene rings is 1. The fourth-order valence-corrected chi connectivity index (χ4v) is 4.47. The summed E-state index contributed by atoms with van der Waals surface area (Å²) in [7, 11) is 0. The standard InChI is InChI=1S/C20H26N2/c1-14-8-4-7-11-19(14)22-15(2)20-18(17-9-5-6-10-17)12-13-21(20)16(22)3/h4,7-8,11-13,16-18H,5-6,9-10H2,1-3H3/i18D. The third kappa shape index (κ3) is 1.93. The van der Waals surface area contributed by atoms with Crippen molar-refractivity contribution in [1.29, 1.82) is 0 Å². The van der Waals surface area contributed by atoms with Crippen LogP contribution in [0.25, 0.3) is 0 Å². The van der Waals surface area contributed by atoms with Crippen molar-refractivity contribution < 1.29 is 1.37 Å². The second-order valence-electron chi connectivity index (χ2n) is 6.88. The Morgan fingerprint density at radius 3 is 2.59 bits per heavy atom. The summed E-state index contributed by atoms with van der Waals surface area (Å²) in [5.41, 5.74) is 5.02. The van der Waals surface area contributed by atoms with E-state index in [0.29, 0.717) is 5.92 Å². The largest absolute Gasteiger partial charge is 0.329 e. The van der Waals surface area contributed by atoms with Gasteiger partial charge in [-0.1, -0.05) is 37.1 Å². The average Bonchev–Trinajstić information content (AvgIpc) is 3.22. The van der Waals surface area contributed by atoms with E-state index < -0.39 is 5.89 Å². The van der Waals surface area contributed by atoms with E-state index in [-0.39, 0.29) is 6.17 Å². The minimum atomic E-state index is -0.535. The molecule has 2 unspecified atom stereocenters. The van der Waals surface area contributed by atoms with Gasteiger partial charge in [0.15, 0.2) is 0 Å². The smallest absolute Gasteiger partial charge is 0.107 e. The second kappa shape index (κ2) is 5.19. The number of para-hydroxylation sites is 1.